The quantitative estimate of drug-likeness (QED) is 0.221. The Hall–Kier alpha value is -1.93. The molecule has 0 fully saturated rings. The SMILES string of the molecule is C=CC(=O)OCCCS(=O)(=O)[O-].C=Cn1cc[n+](CCCC)c1. The van der Waals surface area contributed by atoms with Gasteiger partial charge in [-0.1, -0.05) is 26.5 Å². The number of unbranched alkanes of at least 4 members (excludes halogenated alkanes) is 1. The van der Waals surface area contributed by atoms with Gasteiger partial charge in [0.15, 0.2) is 0 Å². The maximum Gasteiger partial charge on any atom is 0.330 e. The monoisotopic (exact) mass is 344 g/mol. The summed E-state index contributed by atoms with van der Waals surface area (Å²) in [6.45, 7) is 10.0. The highest BCUT2D eigenvalue weighted by Gasteiger charge is 1.98. The van der Waals surface area contributed by atoms with Crippen LogP contribution in [0.2, 0.25) is 0 Å². The van der Waals surface area contributed by atoms with Gasteiger partial charge in [0.05, 0.1) is 29.5 Å². The van der Waals surface area contributed by atoms with Crippen LogP contribution in [0, 0.1) is 0 Å². The average Bonchev–Trinajstić information content (AvgIpc) is 2.97. The Labute approximate surface area is 137 Å². The summed E-state index contributed by atoms with van der Waals surface area (Å²) in [5, 5.41) is 0. The first-order valence-corrected chi connectivity index (χ1v) is 8.82. The van der Waals surface area contributed by atoms with Crippen LogP contribution < -0.4 is 4.57 Å². The van der Waals surface area contributed by atoms with Crippen molar-refractivity contribution in [2.45, 2.75) is 32.7 Å². The standard InChI is InChI=1S/C9H15N2.C6H10O5S/c1-3-5-6-11-8-7-10(4-2)9-11;1-2-6(7)11-4-3-5-12(8,9)10/h4,7-9H,2-3,5-6H2,1H3;2H,1,3-5H2,(H,8,9,10)/q+1;/p-1. The van der Waals surface area contributed by atoms with E-state index in [1.54, 1.807) is 6.20 Å². The molecule has 23 heavy (non-hydrogen) atoms. The zero-order valence-electron chi connectivity index (χ0n) is 13.4. The molecule has 1 aromatic heterocycles. The van der Waals surface area contributed by atoms with Crippen molar-refractivity contribution in [2.75, 3.05) is 12.4 Å². The number of carbonyl (C=O) groups excluding carboxylic acids is 1. The first kappa shape index (κ1) is 21.1. The molecule has 7 nitrogen and oxygen atoms in total. The number of imidazole rings is 1. The minimum absolute atomic E-state index is 0.0193. The molecule has 0 aromatic carbocycles. The number of esters is 1. The molecule has 0 saturated heterocycles. The second kappa shape index (κ2) is 11.6. The number of hydrogen-bond donors (Lipinski definition) is 0. The van der Waals surface area contributed by atoms with Gasteiger partial charge in [0.2, 0.25) is 6.33 Å². The maximum atomic E-state index is 10.4. The van der Waals surface area contributed by atoms with Crippen molar-refractivity contribution in [3.8, 4) is 0 Å². The van der Waals surface area contributed by atoms with Crippen LogP contribution in [0.3, 0.4) is 0 Å². The third-order valence-corrected chi connectivity index (χ3v) is 3.43. The number of aryl methyl sites for hydroxylation is 1. The molecule has 0 aliphatic rings. The number of ether oxygens (including phenoxy) is 1. The smallest absolute Gasteiger partial charge is 0.330 e. The van der Waals surface area contributed by atoms with Crippen LogP contribution in [0.25, 0.3) is 6.20 Å². The highest BCUT2D eigenvalue weighted by molar-refractivity contribution is 7.85. The summed E-state index contributed by atoms with van der Waals surface area (Å²) in [6.07, 6.45) is 11.4. The highest BCUT2D eigenvalue weighted by atomic mass is 32.2. The van der Waals surface area contributed by atoms with E-state index in [1.165, 1.54) is 12.8 Å². The molecule has 1 aromatic rings. The van der Waals surface area contributed by atoms with E-state index in [1.807, 2.05) is 17.1 Å². The number of carbonyl (C=O) groups is 1. The summed E-state index contributed by atoms with van der Waals surface area (Å²) in [6, 6.07) is 0. The molecule has 0 unspecified atom stereocenters. The minimum atomic E-state index is -4.20. The molecule has 0 saturated carbocycles. The largest absolute Gasteiger partial charge is 0.748 e. The Morgan fingerprint density at radius 1 is 1.39 bits per heavy atom. The lowest BCUT2D eigenvalue weighted by atomic mass is 10.3. The van der Waals surface area contributed by atoms with Gasteiger partial charge in [-0.2, -0.15) is 0 Å². The lowest BCUT2D eigenvalue weighted by molar-refractivity contribution is -0.696. The summed E-state index contributed by atoms with van der Waals surface area (Å²) < 4.78 is 38.6. The Kier molecular flexibility index (Phi) is 10.6. The minimum Gasteiger partial charge on any atom is -0.748 e. The van der Waals surface area contributed by atoms with Gasteiger partial charge in [0.25, 0.3) is 0 Å². The van der Waals surface area contributed by atoms with Gasteiger partial charge in [-0.3, -0.25) is 0 Å². The van der Waals surface area contributed by atoms with E-state index < -0.39 is 21.8 Å². The van der Waals surface area contributed by atoms with Crippen LogP contribution in [0.1, 0.15) is 26.2 Å². The van der Waals surface area contributed by atoms with Crippen molar-refractivity contribution >= 4 is 22.3 Å². The Bertz CT molecular complexity index is 593. The van der Waals surface area contributed by atoms with Gasteiger partial charge < -0.3 is 9.29 Å². The van der Waals surface area contributed by atoms with Crippen molar-refractivity contribution in [3.05, 3.63) is 38.0 Å². The topological polar surface area (TPSA) is 92.3 Å². The van der Waals surface area contributed by atoms with E-state index in [9.17, 15) is 17.8 Å². The van der Waals surface area contributed by atoms with Crippen molar-refractivity contribution in [2.24, 2.45) is 0 Å². The summed E-state index contributed by atoms with van der Waals surface area (Å²) >= 11 is 0. The third kappa shape index (κ3) is 12.3. The predicted molar refractivity (Wildman–Crippen MR) is 86.3 cm³/mol. The summed E-state index contributed by atoms with van der Waals surface area (Å²) in [5.74, 6) is -1.14. The first-order chi connectivity index (χ1) is 10.8. The van der Waals surface area contributed by atoms with Crippen LogP contribution >= 0.6 is 0 Å². The number of rotatable bonds is 9. The molecule has 1 rings (SSSR count). The molecule has 8 heteroatoms. The zero-order valence-corrected chi connectivity index (χ0v) is 14.2. The van der Waals surface area contributed by atoms with E-state index in [4.69, 9.17) is 0 Å². The second-order valence-corrected chi connectivity index (χ2v) is 6.15. The molecule has 0 aliphatic carbocycles. The van der Waals surface area contributed by atoms with Crippen LogP contribution in [-0.2, 0) is 26.2 Å². The predicted octanol–water partition coefficient (Wildman–Crippen LogP) is 1.33. The van der Waals surface area contributed by atoms with Gasteiger partial charge in [0.1, 0.15) is 12.4 Å². The fraction of sp³-hybridized carbons (Fsp3) is 0.467. The van der Waals surface area contributed by atoms with Crippen molar-refractivity contribution in [1.29, 1.82) is 0 Å². The second-order valence-electron chi connectivity index (χ2n) is 4.62. The average molecular weight is 344 g/mol. The van der Waals surface area contributed by atoms with Gasteiger partial charge in [-0.25, -0.2) is 22.3 Å². The molecule has 1 heterocycles. The zero-order chi connectivity index (χ0) is 17.7. The maximum absolute atomic E-state index is 10.4. The third-order valence-electron chi connectivity index (χ3n) is 2.64. The molecule has 0 aliphatic heterocycles. The van der Waals surface area contributed by atoms with Gasteiger partial charge in [-0.15, -0.1) is 0 Å². The van der Waals surface area contributed by atoms with Crippen molar-refractivity contribution < 1.29 is 27.1 Å². The molecule has 0 amide bonds. The number of nitrogens with zero attached hydrogens (tertiary/aromatic N) is 2. The lowest BCUT2D eigenvalue weighted by Gasteiger charge is -2.05. The summed E-state index contributed by atoms with van der Waals surface area (Å²) in [5.41, 5.74) is 0. The van der Waals surface area contributed by atoms with Crippen LogP contribution in [0.4, 0.5) is 0 Å². The first-order valence-electron chi connectivity index (χ1n) is 7.24. The van der Waals surface area contributed by atoms with Crippen molar-refractivity contribution in [1.82, 2.24) is 4.57 Å². The molecular formula is C15H24N2O5S. The molecule has 0 radical (unpaired) electrons. The Balaban J connectivity index is 0.000000422. The van der Waals surface area contributed by atoms with Crippen LogP contribution in [-0.4, -0.2) is 35.9 Å². The highest BCUT2D eigenvalue weighted by Crippen LogP contribution is 1.90. The van der Waals surface area contributed by atoms with Crippen LogP contribution in [0.15, 0.2) is 38.0 Å². The fourth-order valence-electron chi connectivity index (χ4n) is 1.46. The van der Waals surface area contributed by atoms with Crippen molar-refractivity contribution in [3.63, 3.8) is 0 Å². The normalized spacial score (nSPS) is 10.3. The van der Waals surface area contributed by atoms with E-state index in [2.05, 4.69) is 35.6 Å². The molecular weight excluding hydrogens is 320 g/mol. The fourth-order valence-corrected chi connectivity index (χ4v) is 1.93. The molecule has 0 atom stereocenters. The molecule has 130 valence electrons. The van der Waals surface area contributed by atoms with E-state index in [-0.39, 0.29) is 13.0 Å². The van der Waals surface area contributed by atoms with E-state index in [0.29, 0.717) is 0 Å². The number of hydrogen-bond acceptors (Lipinski definition) is 5. The van der Waals surface area contributed by atoms with Gasteiger partial charge in [-0.05, 0) is 12.8 Å². The van der Waals surface area contributed by atoms with Gasteiger partial charge in [0, 0.05) is 11.8 Å². The molecule has 0 N–H and O–H groups in total. The van der Waals surface area contributed by atoms with E-state index in [0.717, 1.165) is 12.6 Å². The lowest BCUT2D eigenvalue weighted by Crippen LogP contribution is -2.30. The summed E-state index contributed by atoms with van der Waals surface area (Å²) in [7, 11) is -4.20. The summed E-state index contributed by atoms with van der Waals surface area (Å²) in [4.78, 5) is 10.4. The number of aromatic nitrogens is 2. The molecule has 0 bridgehead atoms. The molecule has 0 spiro atoms. The Morgan fingerprint density at radius 3 is 2.57 bits per heavy atom. The van der Waals surface area contributed by atoms with Gasteiger partial charge >= 0.3 is 5.97 Å². The Morgan fingerprint density at radius 2 is 2.09 bits per heavy atom. The van der Waals surface area contributed by atoms with E-state index >= 15 is 0 Å². The van der Waals surface area contributed by atoms with Crippen LogP contribution in [0.5, 0.6) is 0 Å².